The van der Waals surface area contributed by atoms with Gasteiger partial charge in [0.2, 0.25) is 5.91 Å². The van der Waals surface area contributed by atoms with Gasteiger partial charge in [-0.15, -0.1) is 13.2 Å². The first-order valence-electron chi connectivity index (χ1n) is 12.0. The molecule has 188 valence electrons. The van der Waals surface area contributed by atoms with Crippen molar-refractivity contribution in [3.05, 3.63) is 60.2 Å². The van der Waals surface area contributed by atoms with Gasteiger partial charge >= 0.3 is 6.36 Å². The van der Waals surface area contributed by atoms with Gasteiger partial charge < -0.3 is 14.5 Å². The second-order valence-corrected chi connectivity index (χ2v) is 9.03. The highest BCUT2D eigenvalue weighted by Gasteiger charge is 2.33. The molecule has 9 heteroatoms. The van der Waals surface area contributed by atoms with Crippen LogP contribution in [-0.2, 0) is 4.79 Å². The van der Waals surface area contributed by atoms with Gasteiger partial charge in [0.25, 0.3) is 5.91 Å². The van der Waals surface area contributed by atoms with Crippen molar-refractivity contribution in [3.8, 4) is 5.75 Å². The molecule has 0 unspecified atom stereocenters. The van der Waals surface area contributed by atoms with Crippen LogP contribution in [0.1, 0.15) is 42.5 Å². The second kappa shape index (κ2) is 11.1. The Morgan fingerprint density at radius 2 is 1.51 bits per heavy atom. The largest absolute Gasteiger partial charge is 0.573 e. The Morgan fingerprint density at radius 1 is 0.886 bits per heavy atom. The zero-order valence-electron chi connectivity index (χ0n) is 19.5. The number of carbonyl (C=O) groups is 2. The molecule has 2 aromatic carbocycles. The average Bonchev–Trinajstić information content (AvgIpc) is 2.85. The average molecular weight is 490 g/mol. The van der Waals surface area contributed by atoms with Crippen LogP contribution in [0.2, 0.25) is 0 Å². The van der Waals surface area contributed by atoms with Crippen LogP contribution >= 0.6 is 0 Å². The maximum absolute atomic E-state index is 13.4. The van der Waals surface area contributed by atoms with E-state index < -0.39 is 6.36 Å². The molecule has 0 aliphatic carbocycles. The number of para-hydroxylation sites is 1. The summed E-state index contributed by atoms with van der Waals surface area (Å²) in [6, 6.07) is 14.6. The lowest BCUT2D eigenvalue weighted by Gasteiger charge is -2.39. The maximum Gasteiger partial charge on any atom is 0.573 e. The number of piperidine rings is 2. The molecule has 2 heterocycles. The number of hydrogen-bond acceptors (Lipinski definition) is 4. The fourth-order valence-corrected chi connectivity index (χ4v) is 4.84. The van der Waals surface area contributed by atoms with Crippen LogP contribution in [0.4, 0.5) is 18.9 Å². The van der Waals surface area contributed by atoms with Crippen LogP contribution in [0, 0.1) is 0 Å². The van der Waals surface area contributed by atoms with Gasteiger partial charge in [0.05, 0.1) is 6.54 Å². The Bertz CT molecular complexity index is 984. The molecule has 2 aliphatic heterocycles. The topological polar surface area (TPSA) is 53.1 Å². The molecule has 6 nitrogen and oxygen atoms in total. The molecule has 0 atom stereocenters. The van der Waals surface area contributed by atoms with Crippen LogP contribution in [0.15, 0.2) is 54.6 Å². The van der Waals surface area contributed by atoms with E-state index in [1.165, 1.54) is 18.6 Å². The lowest BCUT2D eigenvalue weighted by Crippen LogP contribution is -2.51. The van der Waals surface area contributed by atoms with Crippen molar-refractivity contribution in [3.63, 3.8) is 0 Å². The Kier molecular flexibility index (Phi) is 7.95. The summed E-state index contributed by atoms with van der Waals surface area (Å²) >= 11 is 0. The molecule has 0 spiro atoms. The number of nitrogens with zero attached hydrogens (tertiary/aromatic N) is 3. The predicted octanol–water partition coefficient (Wildman–Crippen LogP) is 4.71. The molecule has 0 saturated carbocycles. The van der Waals surface area contributed by atoms with E-state index in [0.29, 0.717) is 38.0 Å². The van der Waals surface area contributed by atoms with Gasteiger partial charge in [-0.05, 0) is 75.2 Å². The van der Waals surface area contributed by atoms with Crippen molar-refractivity contribution in [1.82, 2.24) is 9.80 Å². The molecule has 0 bridgehead atoms. The smallest absolute Gasteiger partial charge is 0.406 e. The van der Waals surface area contributed by atoms with E-state index in [-0.39, 0.29) is 23.6 Å². The molecule has 2 aliphatic rings. The zero-order valence-corrected chi connectivity index (χ0v) is 19.5. The van der Waals surface area contributed by atoms with Crippen LogP contribution in [-0.4, -0.2) is 66.7 Å². The molecular formula is C26H30F3N3O3. The van der Waals surface area contributed by atoms with E-state index in [1.54, 1.807) is 4.90 Å². The third-order valence-electron chi connectivity index (χ3n) is 6.56. The van der Waals surface area contributed by atoms with Crippen molar-refractivity contribution in [2.24, 2.45) is 0 Å². The number of carbonyl (C=O) groups excluding carboxylic acids is 2. The second-order valence-electron chi connectivity index (χ2n) is 9.03. The number of rotatable bonds is 6. The molecule has 2 saturated heterocycles. The molecule has 0 aromatic heterocycles. The van der Waals surface area contributed by atoms with E-state index in [0.717, 1.165) is 43.8 Å². The Balaban J connectivity index is 1.39. The van der Waals surface area contributed by atoms with E-state index >= 15 is 0 Å². The number of alkyl halides is 3. The van der Waals surface area contributed by atoms with Gasteiger partial charge in [0.1, 0.15) is 5.75 Å². The summed E-state index contributed by atoms with van der Waals surface area (Å²) in [4.78, 5) is 32.1. The van der Waals surface area contributed by atoms with Crippen molar-refractivity contribution in [1.29, 1.82) is 0 Å². The summed E-state index contributed by atoms with van der Waals surface area (Å²) in [5.74, 6) is -0.533. The molecule has 2 aromatic rings. The highest BCUT2D eigenvalue weighted by Crippen LogP contribution is 2.27. The summed E-state index contributed by atoms with van der Waals surface area (Å²) in [6.45, 7) is 3.19. The van der Waals surface area contributed by atoms with Crippen LogP contribution in [0.5, 0.6) is 5.75 Å². The number of likely N-dealkylation sites (tertiary alicyclic amines) is 2. The number of halogens is 3. The summed E-state index contributed by atoms with van der Waals surface area (Å²) in [5.41, 5.74) is 1.17. The minimum Gasteiger partial charge on any atom is -0.406 e. The fraction of sp³-hybridized carbons (Fsp3) is 0.462. The van der Waals surface area contributed by atoms with E-state index in [2.05, 4.69) is 9.64 Å². The standard InChI is InChI=1S/C26H30F3N3O3/c27-26(28,29)35-23-11-9-20(10-12-23)25(34)31-17-13-22(14-18-31)32(21-7-3-1-4-8-21)24(33)19-30-15-5-2-6-16-30/h1,3-4,7-12,22H,2,5-6,13-19H2. The number of ether oxygens (including phenoxy) is 1. The summed E-state index contributed by atoms with van der Waals surface area (Å²) in [7, 11) is 0. The first-order chi connectivity index (χ1) is 16.8. The molecule has 0 N–H and O–H groups in total. The van der Waals surface area contributed by atoms with Gasteiger partial charge in [0, 0.05) is 30.4 Å². The van der Waals surface area contributed by atoms with E-state index in [9.17, 15) is 22.8 Å². The number of anilines is 1. The zero-order chi connectivity index (χ0) is 24.8. The van der Waals surface area contributed by atoms with Gasteiger partial charge in [-0.1, -0.05) is 24.6 Å². The SMILES string of the molecule is O=C(c1ccc(OC(F)(F)F)cc1)N1CCC(N(C(=O)CN2CCCCC2)c2ccccc2)CC1. The number of benzene rings is 2. The first kappa shape index (κ1) is 25.0. The summed E-state index contributed by atoms with van der Waals surface area (Å²) < 4.78 is 41.0. The lowest BCUT2D eigenvalue weighted by atomic mass is 10.0. The minimum atomic E-state index is -4.77. The summed E-state index contributed by atoms with van der Waals surface area (Å²) in [5, 5.41) is 0. The third kappa shape index (κ3) is 6.75. The van der Waals surface area contributed by atoms with Crippen molar-refractivity contribution >= 4 is 17.5 Å². The third-order valence-corrected chi connectivity index (χ3v) is 6.56. The van der Waals surface area contributed by atoms with Gasteiger partial charge in [-0.2, -0.15) is 0 Å². The normalized spacial score (nSPS) is 17.7. The van der Waals surface area contributed by atoms with Crippen LogP contribution in [0.3, 0.4) is 0 Å². The molecular weight excluding hydrogens is 459 g/mol. The Morgan fingerprint density at radius 3 is 2.11 bits per heavy atom. The van der Waals surface area contributed by atoms with Crippen LogP contribution < -0.4 is 9.64 Å². The number of amides is 2. The molecule has 2 amide bonds. The molecule has 2 fully saturated rings. The van der Waals surface area contributed by atoms with Crippen molar-refractivity contribution in [2.75, 3.05) is 37.6 Å². The first-order valence-corrected chi connectivity index (χ1v) is 12.0. The predicted molar refractivity (Wildman–Crippen MR) is 126 cm³/mol. The fourth-order valence-electron chi connectivity index (χ4n) is 4.84. The maximum atomic E-state index is 13.4. The summed E-state index contributed by atoms with van der Waals surface area (Å²) in [6.07, 6.45) is -0.0880. The van der Waals surface area contributed by atoms with Crippen LogP contribution in [0.25, 0.3) is 0 Å². The van der Waals surface area contributed by atoms with Gasteiger partial charge in [0.15, 0.2) is 0 Å². The molecule has 0 radical (unpaired) electrons. The van der Waals surface area contributed by atoms with Crippen molar-refractivity contribution < 1.29 is 27.5 Å². The lowest BCUT2D eigenvalue weighted by molar-refractivity contribution is -0.274. The minimum absolute atomic E-state index is 0.0266. The Hall–Kier alpha value is -3.07. The highest BCUT2D eigenvalue weighted by molar-refractivity contribution is 5.96. The number of hydrogen-bond donors (Lipinski definition) is 0. The highest BCUT2D eigenvalue weighted by atomic mass is 19.4. The Labute approximate surface area is 203 Å². The van der Waals surface area contributed by atoms with Crippen molar-refractivity contribution in [2.45, 2.75) is 44.5 Å². The molecule has 35 heavy (non-hydrogen) atoms. The van der Waals surface area contributed by atoms with Gasteiger partial charge in [-0.3, -0.25) is 14.5 Å². The van der Waals surface area contributed by atoms with E-state index in [4.69, 9.17) is 0 Å². The quantitative estimate of drug-likeness (QED) is 0.590. The van der Waals surface area contributed by atoms with Gasteiger partial charge in [-0.25, -0.2) is 0 Å². The molecule has 4 rings (SSSR count). The van der Waals surface area contributed by atoms with E-state index in [1.807, 2.05) is 35.2 Å². The monoisotopic (exact) mass is 489 g/mol.